The lowest BCUT2D eigenvalue weighted by molar-refractivity contribution is -0.204. The van der Waals surface area contributed by atoms with Gasteiger partial charge < -0.3 is 18.9 Å². The molecule has 1 fully saturated rings. The number of methoxy groups -OCH3 is 1. The monoisotopic (exact) mass is 474 g/mol. The first-order chi connectivity index (χ1) is 15.2. The van der Waals surface area contributed by atoms with Crippen LogP contribution >= 0.6 is 11.3 Å². The Hall–Kier alpha value is -2.37. The molecule has 0 spiro atoms. The van der Waals surface area contributed by atoms with Crippen LogP contribution in [0.4, 0.5) is 13.2 Å². The summed E-state index contributed by atoms with van der Waals surface area (Å²) in [6.45, 7) is 7.44. The second-order valence-electron chi connectivity index (χ2n) is 7.17. The van der Waals surface area contributed by atoms with Crippen LogP contribution in [0.5, 0.6) is 11.5 Å². The Morgan fingerprint density at radius 1 is 1.28 bits per heavy atom. The number of halogens is 3. The fourth-order valence-electron chi connectivity index (χ4n) is 3.22. The van der Waals surface area contributed by atoms with Gasteiger partial charge >= 0.3 is 12.1 Å². The highest BCUT2D eigenvalue weighted by Gasteiger charge is 2.42. The number of rotatable bonds is 8. The van der Waals surface area contributed by atoms with Crippen molar-refractivity contribution in [2.24, 2.45) is 0 Å². The number of carbonyl (C=O) groups excluding carboxylic acids is 1. The van der Waals surface area contributed by atoms with Gasteiger partial charge in [-0.25, -0.2) is 9.78 Å². The van der Waals surface area contributed by atoms with Gasteiger partial charge in [0.05, 0.1) is 26.0 Å². The van der Waals surface area contributed by atoms with E-state index in [0.717, 1.165) is 25.2 Å². The number of carbonyl (C=O) groups is 1. The molecule has 1 aromatic heterocycles. The molecule has 3 rings (SSSR count). The van der Waals surface area contributed by atoms with Gasteiger partial charge in [0.1, 0.15) is 17.7 Å². The normalized spacial score (nSPS) is 15.9. The van der Waals surface area contributed by atoms with Crippen molar-refractivity contribution >= 4 is 17.3 Å². The number of morpholine rings is 1. The summed E-state index contributed by atoms with van der Waals surface area (Å²) in [5.74, 6) is -1.12. The van der Waals surface area contributed by atoms with Crippen molar-refractivity contribution in [2.75, 3.05) is 46.6 Å². The zero-order chi connectivity index (χ0) is 23.3. The number of aromatic nitrogens is 1. The zero-order valence-electron chi connectivity index (χ0n) is 18.0. The average Bonchev–Trinajstić information content (AvgIpc) is 3.15. The second-order valence-corrected chi connectivity index (χ2v) is 8.38. The Morgan fingerprint density at radius 2 is 2.00 bits per heavy atom. The minimum absolute atomic E-state index is 0.285. The Kier molecular flexibility index (Phi) is 7.96. The number of thiazole rings is 1. The fourth-order valence-corrected chi connectivity index (χ4v) is 4.22. The van der Waals surface area contributed by atoms with Crippen LogP contribution in [0, 0.1) is 6.92 Å². The van der Waals surface area contributed by atoms with Crippen molar-refractivity contribution in [1.82, 2.24) is 9.88 Å². The molecular formula is C21H25F3N2O5S. The highest BCUT2D eigenvalue weighted by molar-refractivity contribution is 7.15. The molecule has 1 atom stereocenters. The topological polar surface area (TPSA) is 70.1 Å². The number of esters is 1. The Balaban J connectivity index is 1.72. The van der Waals surface area contributed by atoms with E-state index in [1.54, 1.807) is 32.2 Å². The smallest absolute Gasteiger partial charge is 0.490 e. The largest absolute Gasteiger partial charge is 0.493 e. The number of hydrogen-bond acceptors (Lipinski definition) is 8. The number of alkyl halides is 3. The molecule has 176 valence electrons. The van der Waals surface area contributed by atoms with Crippen molar-refractivity contribution in [3.63, 3.8) is 0 Å². The quantitative estimate of drug-likeness (QED) is 0.536. The molecule has 7 nitrogen and oxygen atoms in total. The minimum atomic E-state index is -5.05. The van der Waals surface area contributed by atoms with E-state index < -0.39 is 18.2 Å². The SMILES string of the molecule is COc1ccc(-c2nc(C(C)OC(=O)C(F)(F)F)c(C)s2)cc1OCCN1CCOCC1. The molecule has 2 aromatic rings. The maximum atomic E-state index is 12.5. The number of hydrogen-bond donors (Lipinski definition) is 0. The molecule has 1 aliphatic rings. The van der Waals surface area contributed by atoms with E-state index in [1.165, 1.54) is 18.3 Å². The molecule has 0 saturated carbocycles. The van der Waals surface area contributed by atoms with E-state index in [2.05, 4.69) is 14.6 Å². The molecule has 1 aliphatic heterocycles. The number of nitrogens with zero attached hydrogens (tertiary/aromatic N) is 2. The van der Waals surface area contributed by atoms with Crippen LogP contribution in [0.25, 0.3) is 10.6 Å². The minimum Gasteiger partial charge on any atom is -0.493 e. The van der Waals surface area contributed by atoms with Gasteiger partial charge in [-0.05, 0) is 32.0 Å². The molecule has 1 unspecified atom stereocenters. The first-order valence-corrected chi connectivity index (χ1v) is 10.9. The third kappa shape index (κ3) is 6.11. The molecule has 2 heterocycles. The molecule has 11 heteroatoms. The Morgan fingerprint density at radius 3 is 2.66 bits per heavy atom. The number of benzene rings is 1. The molecule has 0 N–H and O–H groups in total. The summed E-state index contributed by atoms with van der Waals surface area (Å²) in [7, 11) is 1.55. The van der Waals surface area contributed by atoms with Crippen LogP contribution in [-0.4, -0.2) is 68.6 Å². The third-order valence-electron chi connectivity index (χ3n) is 4.91. The third-order valence-corrected chi connectivity index (χ3v) is 5.95. The summed E-state index contributed by atoms with van der Waals surface area (Å²) >= 11 is 1.30. The summed E-state index contributed by atoms with van der Waals surface area (Å²) in [6, 6.07) is 5.33. The first kappa shape index (κ1) is 24.3. The van der Waals surface area contributed by atoms with E-state index >= 15 is 0 Å². The van der Waals surface area contributed by atoms with Gasteiger partial charge in [0.25, 0.3) is 0 Å². The van der Waals surface area contributed by atoms with Crippen molar-refractivity contribution < 1.29 is 36.9 Å². The van der Waals surface area contributed by atoms with Crippen molar-refractivity contribution in [1.29, 1.82) is 0 Å². The zero-order valence-corrected chi connectivity index (χ0v) is 18.8. The highest BCUT2D eigenvalue weighted by atomic mass is 32.1. The second kappa shape index (κ2) is 10.5. The lowest BCUT2D eigenvalue weighted by Gasteiger charge is -2.26. The highest BCUT2D eigenvalue weighted by Crippen LogP contribution is 2.37. The van der Waals surface area contributed by atoms with Crippen LogP contribution in [0.3, 0.4) is 0 Å². The van der Waals surface area contributed by atoms with Crippen LogP contribution in [0.1, 0.15) is 23.6 Å². The molecule has 0 radical (unpaired) electrons. The Bertz CT molecular complexity index is 929. The lowest BCUT2D eigenvalue weighted by Crippen LogP contribution is -2.38. The van der Waals surface area contributed by atoms with E-state index in [9.17, 15) is 18.0 Å². The van der Waals surface area contributed by atoms with Crippen molar-refractivity contribution in [3.05, 3.63) is 28.8 Å². The van der Waals surface area contributed by atoms with Gasteiger partial charge in [-0.15, -0.1) is 11.3 Å². The average molecular weight is 475 g/mol. The predicted octanol–water partition coefficient (Wildman–Crippen LogP) is 4.00. The summed E-state index contributed by atoms with van der Waals surface area (Å²) in [5, 5.41) is 0.577. The summed E-state index contributed by atoms with van der Waals surface area (Å²) in [6.07, 6.45) is -6.18. The van der Waals surface area contributed by atoms with Gasteiger partial charge in [0.15, 0.2) is 11.5 Å². The maximum absolute atomic E-state index is 12.5. The fraction of sp³-hybridized carbons (Fsp3) is 0.524. The van der Waals surface area contributed by atoms with Crippen LogP contribution in [-0.2, 0) is 14.3 Å². The number of aryl methyl sites for hydroxylation is 1. The van der Waals surface area contributed by atoms with Crippen LogP contribution < -0.4 is 9.47 Å². The molecule has 0 aliphatic carbocycles. The van der Waals surface area contributed by atoms with E-state index in [0.29, 0.717) is 41.2 Å². The maximum Gasteiger partial charge on any atom is 0.490 e. The van der Waals surface area contributed by atoms with Gasteiger partial charge in [-0.2, -0.15) is 13.2 Å². The summed E-state index contributed by atoms with van der Waals surface area (Å²) in [5.41, 5.74) is 1.01. The van der Waals surface area contributed by atoms with Crippen LogP contribution in [0.2, 0.25) is 0 Å². The molecule has 0 bridgehead atoms. The van der Waals surface area contributed by atoms with Gasteiger partial charge in [0.2, 0.25) is 0 Å². The predicted molar refractivity (Wildman–Crippen MR) is 112 cm³/mol. The van der Waals surface area contributed by atoms with Gasteiger partial charge in [-0.1, -0.05) is 0 Å². The van der Waals surface area contributed by atoms with Gasteiger partial charge in [-0.3, -0.25) is 4.90 Å². The first-order valence-electron chi connectivity index (χ1n) is 10.1. The van der Waals surface area contributed by atoms with Crippen LogP contribution in [0.15, 0.2) is 18.2 Å². The molecule has 1 aromatic carbocycles. The molecular weight excluding hydrogens is 449 g/mol. The van der Waals surface area contributed by atoms with E-state index in [-0.39, 0.29) is 5.69 Å². The molecule has 32 heavy (non-hydrogen) atoms. The molecule has 1 saturated heterocycles. The Labute approximate surface area is 188 Å². The van der Waals surface area contributed by atoms with Crippen molar-refractivity contribution in [3.8, 4) is 22.1 Å². The summed E-state index contributed by atoms with van der Waals surface area (Å²) < 4.78 is 58.7. The lowest BCUT2D eigenvalue weighted by atomic mass is 10.2. The number of ether oxygens (including phenoxy) is 4. The standard InChI is InChI=1S/C21H25F3N2O5S/c1-13(31-20(27)21(22,23)24)18-14(2)32-19(25-18)15-4-5-16(28-3)17(12-15)30-11-8-26-6-9-29-10-7-26/h4-5,12-13H,6-11H2,1-3H3. The molecule has 0 amide bonds. The van der Waals surface area contributed by atoms with E-state index in [1.807, 2.05) is 0 Å². The van der Waals surface area contributed by atoms with Crippen molar-refractivity contribution in [2.45, 2.75) is 26.1 Å². The van der Waals surface area contributed by atoms with Gasteiger partial charge in [0, 0.05) is 30.1 Å². The summed E-state index contributed by atoms with van der Waals surface area (Å²) in [4.78, 5) is 18.5. The van der Waals surface area contributed by atoms with E-state index in [4.69, 9.17) is 14.2 Å².